The summed E-state index contributed by atoms with van der Waals surface area (Å²) in [5.41, 5.74) is 1.68. The van der Waals surface area contributed by atoms with E-state index in [2.05, 4.69) is 5.32 Å². The summed E-state index contributed by atoms with van der Waals surface area (Å²) in [5.74, 6) is 1.30. The quantitative estimate of drug-likeness (QED) is 0.354. The number of hydrogen-bond acceptors (Lipinski definition) is 4. The van der Waals surface area contributed by atoms with Gasteiger partial charge >= 0.3 is 0 Å². The van der Waals surface area contributed by atoms with Gasteiger partial charge in [0.25, 0.3) is 0 Å². The van der Waals surface area contributed by atoms with Crippen molar-refractivity contribution < 1.29 is 19.1 Å². The minimum Gasteiger partial charge on any atom is -0.490 e. The predicted molar refractivity (Wildman–Crippen MR) is 141 cm³/mol. The zero-order chi connectivity index (χ0) is 26.0. The Bertz CT molecular complexity index is 997. The summed E-state index contributed by atoms with van der Waals surface area (Å²) in [6.07, 6.45) is 0.725. The lowest BCUT2D eigenvalue weighted by Gasteiger charge is -2.29. The molecule has 2 aromatic rings. The van der Waals surface area contributed by atoms with Gasteiger partial charge < -0.3 is 19.7 Å². The normalized spacial score (nSPS) is 11.8. The van der Waals surface area contributed by atoms with Crippen molar-refractivity contribution in [3.8, 4) is 11.5 Å². The third-order valence-electron chi connectivity index (χ3n) is 5.44. The summed E-state index contributed by atoms with van der Waals surface area (Å²) < 4.78 is 11.3. The van der Waals surface area contributed by atoms with Gasteiger partial charge in [-0.1, -0.05) is 49.2 Å². The molecule has 0 unspecified atom stereocenters. The Hall–Kier alpha value is -2.44. The van der Waals surface area contributed by atoms with E-state index in [1.807, 2.05) is 45.9 Å². The lowest BCUT2D eigenvalue weighted by molar-refractivity contribution is -0.140. The highest BCUT2D eigenvalue weighted by molar-refractivity contribution is 6.35. The summed E-state index contributed by atoms with van der Waals surface area (Å²) in [7, 11) is 0. The highest BCUT2D eigenvalue weighted by Crippen LogP contribution is 2.29. The fourth-order valence-electron chi connectivity index (χ4n) is 3.51. The van der Waals surface area contributed by atoms with Crippen LogP contribution in [0.2, 0.25) is 10.0 Å². The Morgan fingerprint density at radius 2 is 1.66 bits per heavy atom. The summed E-state index contributed by atoms with van der Waals surface area (Å²) >= 11 is 12.4. The smallest absolute Gasteiger partial charge is 0.242 e. The van der Waals surface area contributed by atoms with Crippen LogP contribution >= 0.6 is 23.2 Å². The van der Waals surface area contributed by atoms with Gasteiger partial charge in [-0.05, 0) is 68.5 Å². The predicted octanol–water partition coefficient (Wildman–Crippen LogP) is 5.91. The minimum absolute atomic E-state index is 0.143. The Kier molecular flexibility index (Phi) is 11.7. The molecule has 6 nitrogen and oxygen atoms in total. The number of halogens is 2. The van der Waals surface area contributed by atoms with Gasteiger partial charge in [-0.2, -0.15) is 0 Å². The molecule has 2 amide bonds. The average Bonchev–Trinajstić information content (AvgIpc) is 2.81. The van der Waals surface area contributed by atoms with E-state index < -0.39 is 6.04 Å². The molecule has 0 spiro atoms. The van der Waals surface area contributed by atoms with Gasteiger partial charge in [0.15, 0.2) is 11.5 Å². The fraction of sp³-hybridized carbons (Fsp3) is 0.481. The Balaban J connectivity index is 2.20. The van der Waals surface area contributed by atoms with Crippen molar-refractivity contribution in [3.05, 3.63) is 57.6 Å². The van der Waals surface area contributed by atoms with E-state index in [1.165, 1.54) is 0 Å². The van der Waals surface area contributed by atoms with Crippen molar-refractivity contribution in [2.45, 2.75) is 60.0 Å². The summed E-state index contributed by atoms with van der Waals surface area (Å²) in [5, 5.41) is 3.89. The molecule has 2 rings (SSSR count). The second kappa shape index (κ2) is 14.2. The molecule has 0 aliphatic rings. The molecule has 0 bridgehead atoms. The topological polar surface area (TPSA) is 67.9 Å². The van der Waals surface area contributed by atoms with Crippen LogP contribution in [0.1, 0.15) is 52.2 Å². The van der Waals surface area contributed by atoms with E-state index in [0.717, 1.165) is 11.1 Å². The molecule has 0 heterocycles. The number of aryl methyl sites for hydroxylation is 1. The zero-order valence-corrected chi connectivity index (χ0v) is 22.7. The van der Waals surface area contributed by atoms with E-state index in [4.69, 9.17) is 32.7 Å². The van der Waals surface area contributed by atoms with Crippen LogP contribution in [0.4, 0.5) is 0 Å². The van der Waals surface area contributed by atoms with E-state index in [0.29, 0.717) is 53.6 Å². The molecule has 0 aromatic heterocycles. The van der Waals surface area contributed by atoms with Crippen LogP contribution in [-0.2, 0) is 22.6 Å². The number of carbonyl (C=O) groups excluding carboxylic acids is 2. The maximum atomic E-state index is 13.4. The van der Waals surface area contributed by atoms with Gasteiger partial charge in [0, 0.05) is 29.6 Å². The minimum atomic E-state index is -0.660. The fourth-order valence-corrected chi connectivity index (χ4v) is 3.98. The molecule has 0 saturated carbocycles. The first-order valence-corrected chi connectivity index (χ1v) is 12.8. The molecule has 2 aromatic carbocycles. The van der Waals surface area contributed by atoms with Crippen molar-refractivity contribution in [2.24, 2.45) is 5.92 Å². The van der Waals surface area contributed by atoms with Gasteiger partial charge in [0.2, 0.25) is 11.8 Å². The lowest BCUT2D eigenvalue weighted by atomic mass is 10.1. The van der Waals surface area contributed by atoms with Gasteiger partial charge in [-0.3, -0.25) is 9.59 Å². The largest absolute Gasteiger partial charge is 0.490 e. The third kappa shape index (κ3) is 8.93. The number of nitrogens with one attached hydrogen (secondary N) is 1. The highest BCUT2D eigenvalue weighted by atomic mass is 35.5. The van der Waals surface area contributed by atoms with E-state index >= 15 is 0 Å². The molecule has 0 aliphatic carbocycles. The molecule has 1 N–H and O–H groups in total. The zero-order valence-electron chi connectivity index (χ0n) is 21.2. The highest BCUT2D eigenvalue weighted by Gasteiger charge is 2.26. The van der Waals surface area contributed by atoms with Crippen LogP contribution in [0.15, 0.2) is 36.4 Å². The van der Waals surface area contributed by atoms with Crippen molar-refractivity contribution in [2.75, 3.05) is 19.8 Å². The van der Waals surface area contributed by atoms with Gasteiger partial charge in [0.1, 0.15) is 6.04 Å². The maximum Gasteiger partial charge on any atom is 0.242 e. The van der Waals surface area contributed by atoms with Crippen LogP contribution in [0.3, 0.4) is 0 Å². The average molecular weight is 524 g/mol. The molecule has 0 aliphatic heterocycles. The molecular weight excluding hydrogens is 487 g/mol. The summed E-state index contributed by atoms with van der Waals surface area (Å²) in [6.45, 7) is 11.4. The van der Waals surface area contributed by atoms with Gasteiger partial charge in [-0.25, -0.2) is 0 Å². The monoisotopic (exact) mass is 522 g/mol. The van der Waals surface area contributed by atoms with Crippen molar-refractivity contribution >= 4 is 35.0 Å². The number of amides is 2. The lowest BCUT2D eigenvalue weighted by Crippen LogP contribution is -2.48. The molecule has 35 heavy (non-hydrogen) atoms. The maximum absolute atomic E-state index is 13.4. The molecule has 0 saturated heterocycles. The molecule has 1 atom stereocenters. The Labute approximate surface area is 218 Å². The van der Waals surface area contributed by atoms with Crippen LogP contribution in [0.5, 0.6) is 11.5 Å². The first-order valence-electron chi connectivity index (χ1n) is 12.1. The number of carbonyl (C=O) groups is 2. The van der Waals surface area contributed by atoms with Gasteiger partial charge in [0.05, 0.1) is 13.2 Å². The van der Waals surface area contributed by atoms with Crippen LogP contribution in [0.25, 0.3) is 0 Å². The van der Waals surface area contributed by atoms with E-state index in [9.17, 15) is 9.59 Å². The van der Waals surface area contributed by atoms with Crippen molar-refractivity contribution in [1.82, 2.24) is 10.2 Å². The second-order valence-corrected chi connectivity index (χ2v) is 9.56. The first-order chi connectivity index (χ1) is 16.7. The van der Waals surface area contributed by atoms with E-state index in [-0.39, 0.29) is 24.8 Å². The van der Waals surface area contributed by atoms with Crippen LogP contribution in [0, 0.1) is 5.92 Å². The molecule has 0 fully saturated rings. The SMILES string of the molecule is CCOc1ccc(CCC(=O)N(Cc2ccc(Cl)cc2Cl)[C@@H](C)C(=O)NCC(C)C)cc1OCC. The molecule has 8 heteroatoms. The number of benzene rings is 2. The number of rotatable bonds is 13. The molecular formula is C27H36Cl2N2O4. The molecule has 0 radical (unpaired) electrons. The third-order valence-corrected chi connectivity index (χ3v) is 6.03. The number of ether oxygens (including phenoxy) is 2. The Morgan fingerprint density at radius 3 is 2.29 bits per heavy atom. The van der Waals surface area contributed by atoms with Crippen LogP contribution < -0.4 is 14.8 Å². The summed E-state index contributed by atoms with van der Waals surface area (Å²) in [6, 6.07) is 10.2. The first kappa shape index (κ1) is 28.8. The number of hydrogen-bond donors (Lipinski definition) is 1. The Morgan fingerprint density at radius 1 is 0.971 bits per heavy atom. The molecule has 192 valence electrons. The van der Waals surface area contributed by atoms with Crippen LogP contribution in [-0.4, -0.2) is 42.5 Å². The summed E-state index contributed by atoms with van der Waals surface area (Å²) in [4.78, 5) is 27.8. The van der Waals surface area contributed by atoms with Crippen molar-refractivity contribution in [3.63, 3.8) is 0 Å². The standard InChI is InChI=1S/C27H36Cl2N2O4/c1-6-34-24-12-8-20(14-25(24)35-7-2)9-13-26(32)31(19(5)27(33)30-16-18(3)4)17-21-10-11-22(28)15-23(21)29/h8,10-12,14-15,18-19H,6-7,9,13,16-17H2,1-5H3,(H,30,33)/t19-/m0/s1. The second-order valence-electron chi connectivity index (χ2n) is 8.72. The number of nitrogens with zero attached hydrogens (tertiary/aromatic N) is 1. The van der Waals surface area contributed by atoms with E-state index in [1.54, 1.807) is 30.0 Å². The van der Waals surface area contributed by atoms with Gasteiger partial charge in [-0.15, -0.1) is 0 Å². The van der Waals surface area contributed by atoms with Crippen molar-refractivity contribution in [1.29, 1.82) is 0 Å².